The molecule has 0 fully saturated rings. The molecule has 15 heavy (non-hydrogen) atoms. The molecule has 0 aromatic heterocycles. The summed E-state index contributed by atoms with van der Waals surface area (Å²) in [6.45, 7) is 2.07. The van der Waals surface area contributed by atoms with Crippen molar-refractivity contribution in [1.29, 1.82) is 0 Å². The number of rotatable bonds is 1. The van der Waals surface area contributed by atoms with Crippen LogP contribution in [0.4, 0.5) is 11.4 Å². The lowest BCUT2D eigenvalue weighted by Crippen LogP contribution is -1.93. The molecule has 2 nitrogen and oxygen atoms in total. The van der Waals surface area contributed by atoms with Crippen LogP contribution in [0.3, 0.4) is 0 Å². The topological polar surface area (TPSA) is 52.0 Å². The lowest BCUT2D eigenvalue weighted by molar-refractivity contribution is 1.47. The van der Waals surface area contributed by atoms with Crippen molar-refractivity contribution in [2.75, 3.05) is 11.5 Å². The van der Waals surface area contributed by atoms with Gasteiger partial charge in [-0.05, 0) is 24.6 Å². The van der Waals surface area contributed by atoms with E-state index in [2.05, 4.69) is 31.2 Å². The van der Waals surface area contributed by atoms with Gasteiger partial charge in [-0.2, -0.15) is 0 Å². The van der Waals surface area contributed by atoms with Gasteiger partial charge in [0.05, 0.1) is 0 Å². The molecule has 0 saturated heterocycles. The fourth-order valence-electron chi connectivity index (χ4n) is 1.58. The van der Waals surface area contributed by atoms with E-state index in [1.165, 1.54) is 5.56 Å². The maximum absolute atomic E-state index is 5.91. The van der Waals surface area contributed by atoms with Crippen LogP contribution in [-0.2, 0) is 0 Å². The highest BCUT2D eigenvalue weighted by molar-refractivity contribution is 5.78. The Bertz CT molecular complexity index is 472. The van der Waals surface area contributed by atoms with E-state index in [1.807, 2.05) is 12.1 Å². The Kier molecular flexibility index (Phi) is 2.34. The van der Waals surface area contributed by atoms with Crippen LogP contribution in [0.5, 0.6) is 0 Å². The molecule has 0 spiro atoms. The summed E-state index contributed by atoms with van der Waals surface area (Å²) in [7, 11) is 0. The van der Waals surface area contributed by atoms with E-state index in [9.17, 15) is 0 Å². The van der Waals surface area contributed by atoms with Crippen molar-refractivity contribution in [1.82, 2.24) is 0 Å². The van der Waals surface area contributed by atoms with Crippen LogP contribution in [-0.4, -0.2) is 0 Å². The van der Waals surface area contributed by atoms with Gasteiger partial charge in [0.1, 0.15) is 0 Å². The number of nitrogen functional groups attached to an aromatic ring is 2. The van der Waals surface area contributed by atoms with E-state index < -0.39 is 0 Å². The predicted octanol–water partition coefficient (Wildman–Crippen LogP) is 2.83. The molecule has 0 heterocycles. The first kappa shape index (κ1) is 9.59. The first-order valence-corrected chi connectivity index (χ1v) is 4.89. The summed E-state index contributed by atoms with van der Waals surface area (Å²) in [6.07, 6.45) is 0. The van der Waals surface area contributed by atoms with Gasteiger partial charge in [0.25, 0.3) is 0 Å². The van der Waals surface area contributed by atoms with E-state index in [0.29, 0.717) is 5.69 Å². The average molecular weight is 198 g/mol. The van der Waals surface area contributed by atoms with Gasteiger partial charge in [-0.1, -0.05) is 35.9 Å². The summed E-state index contributed by atoms with van der Waals surface area (Å²) >= 11 is 0. The van der Waals surface area contributed by atoms with Crippen LogP contribution in [0.1, 0.15) is 5.56 Å². The summed E-state index contributed by atoms with van der Waals surface area (Å²) in [5, 5.41) is 0. The SMILES string of the molecule is Cc1ccc(-c2ccc(N)cc2N)cc1. The molecule has 0 atom stereocenters. The number of hydrogen-bond donors (Lipinski definition) is 2. The molecule has 0 bridgehead atoms. The fraction of sp³-hybridized carbons (Fsp3) is 0.0769. The first-order chi connectivity index (χ1) is 7.16. The maximum Gasteiger partial charge on any atom is 0.0414 e. The van der Waals surface area contributed by atoms with Crippen LogP contribution < -0.4 is 11.5 Å². The number of nitrogens with two attached hydrogens (primary N) is 2. The zero-order valence-electron chi connectivity index (χ0n) is 8.70. The first-order valence-electron chi connectivity index (χ1n) is 4.89. The molecular formula is C13H14N2. The minimum absolute atomic E-state index is 0.698. The molecule has 2 heteroatoms. The fourth-order valence-corrected chi connectivity index (χ4v) is 1.58. The Balaban J connectivity index is 2.49. The molecule has 0 aliphatic rings. The largest absolute Gasteiger partial charge is 0.399 e. The van der Waals surface area contributed by atoms with Crippen LogP contribution >= 0.6 is 0 Å². The normalized spacial score (nSPS) is 10.2. The number of anilines is 2. The molecule has 0 radical (unpaired) electrons. The summed E-state index contributed by atoms with van der Waals surface area (Å²) in [5.41, 5.74) is 16.4. The van der Waals surface area contributed by atoms with Crippen molar-refractivity contribution in [3.8, 4) is 11.1 Å². The molecular weight excluding hydrogens is 184 g/mol. The van der Waals surface area contributed by atoms with E-state index in [1.54, 1.807) is 6.07 Å². The van der Waals surface area contributed by atoms with Gasteiger partial charge in [-0.15, -0.1) is 0 Å². The molecule has 2 aromatic rings. The van der Waals surface area contributed by atoms with Gasteiger partial charge in [0.2, 0.25) is 0 Å². The molecule has 76 valence electrons. The lowest BCUT2D eigenvalue weighted by Gasteiger charge is -2.06. The molecule has 0 amide bonds. The third-order valence-corrected chi connectivity index (χ3v) is 2.44. The van der Waals surface area contributed by atoms with Crippen LogP contribution in [0, 0.1) is 6.92 Å². The quantitative estimate of drug-likeness (QED) is 0.692. The molecule has 0 unspecified atom stereocenters. The second-order valence-corrected chi connectivity index (χ2v) is 3.71. The van der Waals surface area contributed by atoms with Crippen molar-refractivity contribution in [3.05, 3.63) is 48.0 Å². The highest BCUT2D eigenvalue weighted by atomic mass is 14.6. The Morgan fingerprint density at radius 2 is 1.53 bits per heavy atom. The lowest BCUT2D eigenvalue weighted by atomic mass is 10.0. The van der Waals surface area contributed by atoms with Gasteiger partial charge < -0.3 is 11.5 Å². The van der Waals surface area contributed by atoms with Crippen molar-refractivity contribution in [3.63, 3.8) is 0 Å². The van der Waals surface area contributed by atoms with E-state index in [-0.39, 0.29) is 0 Å². The standard InChI is InChI=1S/C13H14N2/c1-9-2-4-10(5-3-9)12-7-6-11(14)8-13(12)15/h2-8H,14-15H2,1H3. The third kappa shape index (κ3) is 1.94. The second kappa shape index (κ2) is 3.65. The summed E-state index contributed by atoms with van der Waals surface area (Å²) < 4.78 is 0. The molecule has 2 aromatic carbocycles. The van der Waals surface area contributed by atoms with Crippen molar-refractivity contribution in [2.24, 2.45) is 0 Å². The summed E-state index contributed by atoms with van der Waals surface area (Å²) in [6, 6.07) is 13.9. The van der Waals surface area contributed by atoms with Crippen LogP contribution in [0.2, 0.25) is 0 Å². The predicted molar refractivity (Wildman–Crippen MR) is 65.4 cm³/mol. The Morgan fingerprint density at radius 1 is 0.867 bits per heavy atom. The van der Waals surface area contributed by atoms with Gasteiger partial charge >= 0.3 is 0 Å². The molecule has 0 saturated carbocycles. The van der Waals surface area contributed by atoms with E-state index >= 15 is 0 Å². The van der Waals surface area contributed by atoms with E-state index in [0.717, 1.165) is 16.8 Å². The molecule has 0 aliphatic heterocycles. The maximum atomic E-state index is 5.91. The number of benzene rings is 2. The van der Waals surface area contributed by atoms with Gasteiger partial charge in [0, 0.05) is 16.9 Å². The highest BCUT2D eigenvalue weighted by Crippen LogP contribution is 2.27. The highest BCUT2D eigenvalue weighted by Gasteiger charge is 2.01. The van der Waals surface area contributed by atoms with Crippen molar-refractivity contribution >= 4 is 11.4 Å². The monoisotopic (exact) mass is 198 g/mol. The second-order valence-electron chi connectivity index (χ2n) is 3.71. The molecule has 4 N–H and O–H groups in total. The Morgan fingerprint density at radius 3 is 2.13 bits per heavy atom. The Labute approximate surface area is 89.5 Å². The summed E-state index contributed by atoms with van der Waals surface area (Å²) in [5.74, 6) is 0. The third-order valence-electron chi connectivity index (χ3n) is 2.44. The minimum Gasteiger partial charge on any atom is -0.399 e. The van der Waals surface area contributed by atoms with Crippen molar-refractivity contribution < 1.29 is 0 Å². The van der Waals surface area contributed by atoms with Gasteiger partial charge in [0.15, 0.2) is 0 Å². The zero-order valence-corrected chi connectivity index (χ0v) is 8.70. The Hall–Kier alpha value is -1.96. The smallest absolute Gasteiger partial charge is 0.0414 e. The van der Waals surface area contributed by atoms with E-state index in [4.69, 9.17) is 11.5 Å². The average Bonchev–Trinajstić information content (AvgIpc) is 2.20. The van der Waals surface area contributed by atoms with Crippen LogP contribution in [0.15, 0.2) is 42.5 Å². The van der Waals surface area contributed by atoms with Crippen LogP contribution in [0.25, 0.3) is 11.1 Å². The number of aryl methyl sites for hydroxylation is 1. The zero-order chi connectivity index (χ0) is 10.8. The summed E-state index contributed by atoms with van der Waals surface area (Å²) in [4.78, 5) is 0. The van der Waals surface area contributed by atoms with Gasteiger partial charge in [-0.25, -0.2) is 0 Å². The van der Waals surface area contributed by atoms with Crippen molar-refractivity contribution in [2.45, 2.75) is 6.92 Å². The molecule has 0 aliphatic carbocycles. The molecule has 2 rings (SSSR count). The minimum atomic E-state index is 0.698. The number of hydrogen-bond acceptors (Lipinski definition) is 2. The van der Waals surface area contributed by atoms with Gasteiger partial charge in [-0.3, -0.25) is 0 Å².